The summed E-state index contributed by atoms with van der Waals surface area (Å²) in [6.07, 6.45) is -4.60. The summed E-state index contributed by atoms with van der Waals surface area (Å²) in [4.78, 5) is 20.5. The van der Waals surface area contributed by atoms with Gasteiger partial charge in [-0.1, -0.05) is 17.7 Å². The average Bonchev–Trinajstić information content (AvgIpc) is 3.20. The van der Waals surface area contributed by atoms with Crippen molar-refractivity contribution >= 4 is 22.4 Å². The Morgan fingerprint density at radius 1 is 1.19 bits per heavy atom. The van der Waals surface area contributed by atoms with Gasteiger partial charge in [-0.2, -0.15) is 9.67 Å². The molecular formula is C22H17ClF5N5O4. The molecule has 0 saturated heterocycles. The van der Waals surface area contributed by atoms with Gasteiger partial charge in [0.1, 0.15) is 18.7 Å². The minimum absolute atomic E-state index is 0.0634. The Balaban J connectivity index is 2.01. The number of halogens is 6. The van der Waals surface area contributed by atoms with Crippen LogP contribution < -0.4 is 15.2 Å². The number of nitrogens with zero attached hydrogens (tertiary/aromatic N) is 5. The van der Waals surface area contributed by atoms with Gasteiger partial charge in [0.05, 0.1) is 5.02 Å². The molecule has 0 aliphatic heterocycles. The van der Waals surface area contributed by atoms with Crippen molar-refractivity contribution < 1.29 is 36.5 Å². The third kappa shape index (κ3) is 4.81. The molecule has 0 aliphatic rings. The molecule has 1 atom stereocenters. The normalized spacial score (nSPS) is 12.4. The molecule has 4 aromatic rings. The lowest BCUT2D eigenvalue weighted by Gasteiger charge is -2.18. The Bertz CT molecular complexity index is 1490. The Morgan fingerprint density at radius 2 is 1.95 bits per heavy atom. The molecule has 1 unspecified atom stereocenters. The first-order chi connectivity index (χ1) is 17.7. The van der Waals surface area contributed by atoms with Crippen LogP contribution >= 0.6 is 11.6 Å². The summed E-state index contributed by atoms with van der Waals surface area (Å²) in [6, 6.07) is 4.70. The van der Waals surface area contributed by atoms with Crippen molar-refractivity contribution in [3.8, 4) is 23.3 Å². The molecule has 15 heteroatoms. The molecule has 0 amide bonds. The molecule has 0 radical (unpaired) electrons. The summed E-state index contributed by atoms with van der Waals surface area (Å²) in [5.41, 5.74) is -0.900. The van der Waals surface area contributed by atoms with Crippen LogP contribution in [0.15, 0.2) is 35.3 Å². The van der Waals surface area contributed by atoms with E-state index in [2.05, 4.69) is 15.1 Å². The van der Waals surface area contributed by atoms with Crippen molar-refractivity contribution in [1.82, 2.24) is 24.3 Å². The molecule has 3 aromatic heterocycles. The largest absolute Gasteiger partial charge is 0.465 e. The van der Waals surface area contributed by atoms with Crippen LogP contribution in [-0.4, -0.2) is 48.6 Å². The first kappa shape index (κ1) is 26.3. The first-order valence-electron chi connectivity index (χ1n) is 10.6. The van der Waals surface area contributed by atoms with E-state index in [1.54, 1.807) is 6.92 Å². The number of ether oxygens (including phenoxy) is 2. The number of hydrogen-bond donors (Lipinski definition) is 1. The van der Waals surface area contributed by atoms with E-state index in [-0.39, 0.29) is 17.4 Å². The highest BCUT2D eigenvalue weighted by Gasteiger charge is 2.29. The Hall–Kier alpha value is -3.78. The fourth-order valence-electron chi connectivity index (χ4n) is 3.44. The van der Waals surface area contributed by atoms with Gasteiger partial charge in [-0.3, -0.25) is 4.57 Å². The van der Waals surface area contributed by atoms with Gasteiger partial charge in [-0.15, -0.1) is 5.10 Å². The van der Waals surface area contributed by atoms with E-state index in [9.17, 15) is 27.5 Å². The molecule has 0 aliphatic carbocycles. The summed E-state index contributed by atoms with van der Waals surface area (Å²) >= 11 is 5.99. The minimum Gasteiger partial charge on any atom is -0.465 e. The van der Waals surface area contributed by atoms with E-state index in [1.807, 2.05) is 0 Å². The molecule has 0 spiro atoms. The molecule has 3 heterocycles. The van der Waals surface area contributed by atoms with E-state index in [0.717, 1.165) is 22.9 Å². The van der Waals surface area contributed by atoms with Crippen LogP contribution in [0.2, 0.25) is 5.02 Å². The zero-order valence-electron chi connectivity index (χ0n) is 18.8. The highest BCUT2D eigenvalue weighted by molar-refractivity contribution is 6.32. The maximum Gasteiger partial charge on any atom is 0.352 e. The Kier molecular flexibility index (Phi) is 7.59. The number of pyridine rings is 2. The van der Waals surface area contributed by atoms with Gasteiger partial charge >= 0.3 is 5.69 Å². The third-order valence-electron chi connectivity index (χ3n) is 5.18. The first-order valence-corrected chi connectivity index (χ1v) is 11.0. The fourth-order valence-corrected chi connectivity index (χ4v) is 3.64. The van der Waals surface area contributed by atoms with Crippen LogP contribution in [0.4, 0.5) is 22.0 Å². The lowest BCUT2D eigenvalue weighted by Crippen LogP contribution is -2.29. The van der Waals surface area contributed by atoms with Gasteiger partial charge in [-0.05, 0) is 25.1 Å². The van der Waals surface area contributed by atoms with Crippen LogP contribution in [0.25, 0.3) is 16.6 Å². The number of benzene rings is 1. The highest BCUT2D eigenvalue weighted by Crippen LogP contribution is 2.39. The van der Waals surface area contributed by atoms with E-state index in [0.29, 0.717) is 4.68 Å². The van der Waals surface area contributed by atoms with Gasteiger partial charge < -0.3 is 14.6 Å². The number of para-hydroxylation sites is 1. The number of fused-ring (bicyclic) bond motifs is 1. The highest BCUT2D eigenvalue weighted by atomic mass is 35.5. The molecule has 0 fully saturated rings. The zero-order valence-corrected chi connectivity index (χ0v) is 19.6. The van der Waals surface area contributed by atoms with Crippen molar-refractivity contribution in [3.05, 3.63) is 63.4 Å². The molecule has 196 valence electrons. The second-order valence-electron chi connectivity index (χ2n) is 7.40. The maximum absolute atomic E-state index is 15.7. The maximum atomic E-state index is 15.7. The predicted octanol–water partition coefficient (Wildman–Crippen LogP) is 4.20. The molecule has 4 rings (SSSR count). The van der Waals surface area contributed by atoms with Crippen molar-refractivity contribution in [3.63, 3.8) is 0 Å². The topological polar surface area (TPSA) is 104 Å². The second-order valence-corrected chi connectivity index (χ2v) is 7.81. The smallest absolute Gasteiger partial charge is 0.352 e. The van der Waals surface area contributed by atoms with Crippen LogP contribution in [0.1, 0.15) is 12.7 Å². The van der Waals surface area contributed by atoms with Crippen LogP contribution in [0, 0.1) is 11.6 Å². The summed E-state index contributed by atoms with van der Waals surface area (Å²) in [5.74, 6) is -4.88. The quantitative estimate of drug-likeness (QED) is 0.314. The molecule has 0 saturated carbocycles. The van der Waals surface area contributed by atoms with Gasteiger partial charge in [-0.25, -0.2) is 31.7 Å². The van der Waals surface area contributed by atoms with Crippen molar-refractivity contribution in [2.45, 2.75) is 32.6 Å². The van der Waals surface area contributed by atoms with E-state index in [1.165, 1.54) is 12.1 Å². The van der Waals surface area contributed by atoms with Crippen LogP contribution in [0.5, 0.6) is 17.5 Å². The number of aromatic nitrogens is 5. The summed E-state index contributed by atoms with van der Waals surface area (Å²) in [5, 5.41) is 12.3. The van der Waals surface area contributed by atoms with Crippen LogP contribution in [0.3, 0.4) is 0 Å². The summed E-state index contributed by atoms with van der Waals surface area (Å²) < 4.78 is 82.2. The SMILES string of the molecule is CCn1c(CO)nn(-c2nc(OC(CF)C(F)F)c3c(Oc4c(F)cccc4Cl)nccc3c2F)c1=O. The fraction of sp³-hybridized carbons (Fsp3) is 0.273. The molecule has 1 aromatic carbocycles. The Labute approximate surface area is 209 Å². The van der Waals surface area contributed by atoms with Gasteiger partial charge in [0.2, 0.25) is 11.8 Å². The number of alkyl halides is 3. The van der Waals surface area contributed by atoms with Crippen molar-refractivity contribution in [1.29, 1.82) is 0 Å². The summed E-state index contributed by atoms with van der Waals surface area (Å²) in [7, 11) is 0. The molecule has 0 bridgehead atoms. The third-order valence-corrected chi connectivity index (χ3v) is 5.48. The van der Waals surface area contributed by atoms with Crippen molar-refractivity contribution in [2.24, 2.45) is 0 Å². The van der Waals surface area contributed by atoms with E-state index in [4.69, 9.17) is 21.1 Å². The van der Waals surface area contributed by atoms with Gasteiger partial charge in [0, 0.05) is 18.1 Å². The lowest BCUT2D eigenvalue weighted by atomic mass is 10.2. The van der Waals surface area contributed by atoms with Crippen LogP contribution in [-0.2, 0) is 13.2 Å². The number of hydrogen-bond acceptors (Lipinski definition) is 7. The van der Waals surface area contributed by atoms with Gasteiger partial charge in [0.25, 0.3) is 6.43 Å². The monoisotopic (exact) mass is 545 g/mol. The zero-order chi connectivity index (χ0) is 26.9. The lowest BCUT2D eigenvalue weighted by molar-refractivity contribution is -0.00274. The number of aliphatic hydroxyl groups is 1. The predicted molar refractivity (Wildman–Crippen MR) is 120 cm³/mol. The van der Waals surface area contributed by atoms with Crippen molar-refractivity contribution in [2.75, 3.05) is 6.67 Å². The second kappa shape index (κ2) is 10.7. The number of rotatable bonds is 9. The standard InChI is InChI=1S/C22H17ClF5N5O4/c1-2-32-14(9-34)31-33(22(32)35)19-16(26)10-6-7-29-20(37-17-11(23)4-3-5-12(17)25)15(10)21(30-19)36-13(8-24)18(27)28/h3-7,13,18,34H,2,8-9H2,1H3. The molecule has 37 heavy (non-hydrogen) atoms. The molecule has 9 nitrogen and oxygen atoms in total. The molecular weight excluding hydrogens is 529 g/mol. The molecule has 1 N–H and O–H groups in total. The van der Waals surface area contributed by atoms with E-state index >= 15 is 4.39 Å². The summed E-state index contributed by atoms with van der Waals surface area (Å²) in [6.45, 7) is -0.686. The average molecular weight is 546 g/mol. The number of aliphatic hydroxyl groups excluding tert-OH is 1. The minimum atomic E-state index is -3.32. The van der Waals surface area contributed by atoms with Gasteiger partial charge in [0.15, 0.2) is 35.1 Å². The Morgan fingerprint density at radius 3 is 2.54 bits per heavy atom. The van der Waals surface area contributed by atoms with E-state index < -0.39 is 77.2 Å².